The number of amides is 1. The molecule has 0 bridgehead atoms. The molecule has 33 heavy (non-hydrogen) atoms. The molecule has 0 aliphatic carbocycles. The molecule has 2 aliphatic heterocycles. The zero-order chi connectivity index (χ0) is 23.4. The van der Waals surface area contributed by atoms with Crippen molar-refractivity contribution < 1.29 is 24.2 Å². The highest BCUT2D eigenvalue weighted by atomic mass is 127. The standard InChI is InChI=1S/C25H27IN2O5/c1-2-33-20-5-3-4-18(16-20)23(29)21-22(17-6-8-19(26)9-7-17)28(25(31)24(21)30)11-10-27-12-14-32-15-13-27/h3-9,16,22,29H,2,10-15H2,1H3/b23-21+. The number of rotatable bonds is 7. The van der Waals surface area contributed by atoms with E-state index in [2.05, 4.69) is 27.5 Å². The molecule has 0 spiro atoms. The van der Waals surface area contributed by atoms with E-state index in [9.17, 15) is 14.7 Å². The van der Waals surface area contributed by atoms with Gasteiger partial charge in [-0.05, 0) is 59.3 Å². The van der Waals surface area contributed by atoms with Gasteiger partial charge in [-0.1, -0.05) is 24.3 Å². The molecule has 2 aromatic rings. The van der Waals surface area contributed by atoms with Crippen molar-refractivity contribution in [1.29, 1.82) is 0 Å². The van der Waals surface area contributed by atoms with Crippen molar-refractivity contribution in [1.82, 2.24) is 9.80 Å². The Bertz CT molecular complexity index is 1050. The average Bonchev–Trinajstić information content (AvgIpc) is 3.08. The normalized spacial score (nSPS) is 20.9. The highest BCUT2D eigenvalue weighted by molar-refractivity contribution is 14.1. The monoisotopic (exact) mass is 562 g/mol. The van der Waals surface area contributed by atoms with E-state index in [0.29, 0.717) is 44.2 Å². The minimum absolute atomic E-state index is 0.108. The number of hydrogen-bond acceptors (Lipinski definition) is 6. The van der Waals surface area contributed by atoms with Crippen molar-refractivity contribution in [3.63, 3.8) is 0 Å². The van der Waals surface area contributed by atoms with E-state index in [-0.39, 0.29) is 11.3 Å². The highest BCUT2D eigenvalue weighted by Gasteiger charge is 2.46. The number of Topliss-reactive ketones (excluding diaryl/α,β-unsaturated/α-hetero) is 1. The van der Waals surface area contributed by atoms with Crippen LogP contribution in [0.3, 0.4) is 0 Å². The van der Waals surface area contributed by atoms with Gasteiger partial charge in [0, 0.05) is 35.3 Å². The van der Waals surface area contributed by atoms with Crippen LogP contribution in [0, 0.1) is 3.57 Å². The number of aliphatic hydroxyl groups is 1. The number of ether oxygens (including phenoxy) is 2. The van der Waals surface area contributed by atoms with E-state index >= 15 is 0 Å². The minimum atomic E-state index is -0.667. The molecule has 2 aromatic carbocycles. The van der Waals surface area contributed by atoms with Crippen LogP contribution in [-0.2, 0) is 14.3 Å². The second-order valence-corrected chi connectivity index (χ2v) is 9.20. The Morgan fingerprint density at radius 3 is 2.55 bits per heavy atom. The third-order valence-corrected chi connectivity index (χ3v) is 6.62. The van der Waals surface area contributed by atoms with E-state index in [1.165, 1.54) is 0 Å². The fourth-order valence-electron chi connectivity index (χ4n) is 4.23. The second kappa shape index (κ2) is 10.7. The van der Waals surface area contributed by atoms with Gasteiger partial charge in [0.25, 0.3) is 11.7 Å². The summed E-state index contributed by atoms with van der Waals surface area (Å²) in [6, 6.07) is 14.0. The van der Waals surface area contributed by atoms with Crippen molar-refractivity contribution in [2.24, 2.45) is 0 Å². The van der Waals surface area contributed by atoms with Crippen LogP contribution >= 0.6 is 22.6 Å². The van der Waals surface area contributed by atoms with Gasteiger partial charge in [0.05, 0.1) is 31.4 Å². The summed E-state index contributed by atoms with van der Waals surface area (Å²) in [5, 5.41) is 11.2. The number of ketones is 1. The third kappa shape index (κ3) is 5.23. The first kappa shape index (κ1) is 23.7. The lowest BCUT2D eigenvalue weighted by Gasteiger charge is -2.31. The second-order valence-electron chi connectivity index (χ2n) is 7.96. The molecule has 4 rings (SSSR count). The van der Waals surface area contributed by atoms with Gasteiger partial charge in [-0.2, -0.15) is 0 Å². The zero-order valence-corrected chi connectivity index (χ0v) is 20.7. The summed E-state index contributed by atoms with van der Waals surface area (Å²) in [7, 11) is 0. The quantitative estimate of drug-likeness (QED) is 0.241. The maximum absolute atomic E-state index is 13.2. The van der Waals surface area contributed by atoms with Crippen LogP contribution < -0.4 is 4.74 Å². The molecular formula is C25H27IN2O5. The lowest BCUT2D eigenvalue weighted by atomic mass is 9.95. The maximum Gasteiger partial charge on any atom is 0.295 e. The fourth-order valence-corrected chi connectivity index (χ4v) is 4.59. The Labute approximate surface area is 207 Å². The summed E-state index contributed by atoms with van der Waals surface area (Å²) in [4.78, 5) is 30.1. The molecule has 1 amide bonds. The number of likely N-dealkylation sites (tertiary alicyclic amines) is 1. The van der Waals surface area contributed by atoms with Crippen LogP contribution in [-0.4, -0.2) is 72.6 Å². The third-order valence-electron chi connectivity index (χ3n) is 5.91. The summed E-state index contributed by atoms with van der Waals surface area (Å²) in [6.07, 6.45) is 0. The number of morpholine rings is 1. The van der Waals surface area contributed by atoms with Crippen LogP contribution in [0.15, 0.2) is 54.1 Å². The van der Waals surface area contributed by atoms with Crippen LogP contribution in [0.2, 0.25) is 0 Å². The molecule has 174 valence electrons. The number of hydrogen-bond donors (Lipinski definition) is 1. The molecule has 8 heteroatoms. The zero-order valence-electron chi connectivity index (χ0n) is 18.5. The summed E-state index contributed by atoms with van der Waals surface area (Å²) < 4.78 is 12.0. The van der Waals surface area contributed by atoms with Gasteiger partial charge < -0.3 is 19.5 Å². The molecule has 0 aromatic heterocycles. The Hall–Kier alpha value is -2.43. The van der Waals surface area contributed by atoms with Gasteiger partial charge in [0.1, 0.15) is 11.5 Å². The summed E-state index contributed by atoms with van der Waals surface area (Å²) >= 11 is 2.22. The van der Waals surface area contributed by atoms with Crippen LogP contribution in [0.25, 0.3) is 5.76 Å². The molecule has 2 aliphatic rings. The van der Waals surface area contributed by atoms with Crippen molar-refractivity contribution in [3.8, 4) is 5.75 Å². The van der Waals surface area contributed by atoms with Gasteiger partial charge in [-0.15, -0.1) is 0 Å². The first-order chi connectivity index (χ1) is 16.0. The first-order valence-electron chi connectivity index (χ1n) is 11.1. The molecular weight excluding hydrogens is 535 g/mol. The molecule has 2 saturated heterocycles. The maximum atomic E-state index is 13.2. The fraction of sp³-hybridized carbons (Fsp3) is 0.360. The van der Waals surface area contributed by atoms with Crippen molar-refractivity contribution >= 4 is 40.0 Å². The van der Waals surface area contributed by atoms with E-state index in [1.54, 1.807) is 29.2 Å². The molecule has 2 fully saturated rings. The van der Waals surface area contributed by atoms with Crippen LogP contribution in [0.1, 0.15) is 24.1 Å². The van der Waals surface area contributed by atoms with Gasteiger partial charge >= 0.3 is 0 Å². The minimum Gasteiger partial charge on any atom is -0.507 e. The first-order valence-corrected chi connectivity index (χ1v) is 12.1. The summed E-state index contributed by atoms with van der Waals surface area (Å²) in [6.45, 7) is 6.30. The van der Waals surface area contributed by atoms with E-state index < -0.39 is 17.7 Å². The molecule has 0 radical (unpaired) electrons. The number of halogens is 1. The number of nitrogens with zero attached hydrogens (tertiary/aromatic N) is 2. The van der Waals surface area contributed by atoms with Crippen LogP contribution in [0.5, 0.6) is 5.75 Å². The molecule has 2 heterocycles. The molecule has 1 unspecified atom stereocenters. The lowest BCUT2D eigenvalue weighted by molar-refractivity contribution is -0.140. The summed E-state index contributed by atoms with van der Waals surface area (Å²) in [5.74, 6) is -0.851. The molecule has 0 saturated carbocycles. The van der Waals surface area contributed by atoms with Gasteiger partial charge in [0.2, 0.25) is 0 Å². The van der Waals surface area contributed by atoms with E-state index in [4.69, 9.17) is 9.47 Å². The van der Waals surface area contributed by atoms with Gasteiger partial charge in [0.15, 0.2) is 0 Å². The van der Waals surface area contributed by atoms with Crippen molar-refractivity contribution in [3.05, 3.63) is 68.8 Å². The van der Waals surface area contributed by atoms with Crippen molar-refractivity contribution in [2.45, 2.75) is 13.0 Å². The van der Waals surface area contributed by atoms with Crippen LogP contribution in [0.4, 0.5) is 0 Å². The number of carbonyl (C=O) groups excluding carboxylic acids is 2. The van der Waals surface area contributed by atoms with Crippen molar-refractivity contribution in [2.75, 3.05) is 46.0 Å². The Morgan fingerprint density at radius 2 is 1.85 bits per heavy atom. The van der Waals surface area contributed by atoms with Gasteiger partial charge in [-0.3, -0.25) is 14.5 Å². The summed E-state index contributed by atoms with van der Waals surface area (Å²) in [5.41, 5.74) is 1.35. The Morgan fingerprint density at radius 1 is 1.12 bits per heavy atom. The molecule has 1 atom stereocenters. The topological polar surface area (TPSA) is 79.3 Å². The smallest absolute Gasteiger partial charge is 0.295 e. The predicted octanol–water partition coefficient (Wildman–Crippen LogP) is 3.44. The highest BCUT2D eigenvalue weighted by Crippen LogP contribution is 2.39. The lowest BCUT2D eigenvalue weighted by Crippen LogP contribution is -2.42. The Balaban J connectivity index is 1.73. The molecule has 7 nitrogen and oxygen atoms in total. The predicted molar refractivity (Wildman–Crippen MR) is 133 cm³/mol. The van der Waals surface area contributed by atoms with E-state index in [0.717, 1.165) is 22.2 Å². The largest absolute Gasteiger partial charge is 0.507 e. The number of carbonyl (C=O) groups is 2. The number of aliphatic hydroxyl groups excluding tert-OH is 1. The average molecular weight is 562 g/mol. The SMILES string of the molecule is CCOc1cccc(/C(O)=C2\C(=O)C(=O)N(CCN3CCOCC3)C2c2ccc(I)cc2)c1. The molecule has 1 N–H and O–H groups in total. The number of benzene rings is 2. The van der Waals surface area contributed by atoms with Gasteiger partial charge in [-0.25, -0.2) is 0 Å². The Kier molecular flexibility index (Phi) is 7.67. The van der Waals surface area contributed by atoms with E-state index in [1.807, 2.05) is 31.2 Å².